The first-order valence-electron chi connectivity index (χ1n) is 16.9. The maximum atomic E-state index is 13.9. The standard InChI is InChI=1S/C37H48N2O4/c1-34-10-9-28(41)12-24(34)5-8-29-30-13-25-19-39(21-37(25,32(43)20-40)35(30,2)18-31(42)33(29)34)27-6-3-22(4-7-27)11-23-14-36(15-23)16-26(38)17-36/h3-4,6-7,9-10,12,23,25-26,29-31,33,40,42H,5,8,11,13-21,38H2,1-2H3/t23?,25-,26?,29-,30-,31-,33+,34-,35-,36?,37+/m0/s1. The van der Waals surface area contributed by atoms with E-state index in [0.717, 1.165) is 49.4 Å². The molecule has 0 bridgehead atoms. The highest BCUT2D eigenvalue weighted by molar-refractivity contribution is 6.01. The lowest BCUT2D eigenvalue weighted by molar-refractivity contribution is -0.157. The van der Waals surface area contributed by atoms with Gasteiger partial charge >= 0.3 is 0 Å². The van der Waals surface area contributed by atoms with Gasteiger partial charge < -0.3 is 20.8 Å². The molecule has 1 aliphatic heterocycles. The zero-order chi connectivity index (χ0) is 29.9. The summed E-state index contributed by atoms with van der Waals surface area (Å²) in [5.74, 6) is 1.57. The second kappa shape index (κ2) is 9.37. The molecule has 4 N–H and O–H groups in total. The molecule has 6 heteroatoms. The molecule has 1 aromatic carbocycles. The molecular formula is C37H48N2O4. The van der Waals surface area contributed by atoms with E-state index < -0.39 is 18.1 Å². The van der Waals surface area contributed by atoms with Crippen molar-refractivity contribution in [2.75, 3.05) is 24.6 Å². The highest BCUT2D eigenvalue weighted by Crippen LogP contribution is 2.72. The van der Waals surface area contributed by atoms with Gasteiger partial charge in [0.1, 0.15) is 6.61 Å². The molecule has 1 saturated heterocycles. The summed E-state index contributed by atoms with van der Waals surface area (Å²) < 4.78 is 0. The van der Waals surface area contributed by atoms with E-state index in [-0.39, 0.29) is 40.2 Å². The van der Waals surface area contributed by atoms with Crippen molar-refractivity contribution in [1.29, 1.82) is 0 Å². The molecule has 8 atom stereocenters. The topological polar surface area (TPSA) is 104 Å². The molecule has 1 aromatic rings. The van der Waals surface area contributed by atoms with E-state index in [9.17, 15) is 19.8 Å². The normalized spacial score (nSPS) is 47.7. The van der Waals surface area contributed by atoms with Crippen LogP contribution in [0.1, 0.15) is 70.8 Å². The maximum absolute atomic E-state index is 13.9. The van der Waals surface area contributed by atoms with Gasteiger partial charge in [0.15, 0.2) is 11.6 Å². The Balaban J connectivity index is 1.03. The number of nitrogens with zero attached hydrogens (tertiary/aromatic N) is 1. The van der Waals surface area contributed by atoms with Crippen molar-refractivity contribution in [1.82, 2.24) is 0 Å². The minimum atomic E-state index is -0.670. The maximum Gasteiger partial charge on any atom is 0.178 e. The summed E-state index contributed by atoms with van der Waals surface area (Å²) in [5, 5.41) is 22.3. The molecule has 0 radical (unpaired) electrons. The fraction of sp³-hybridized carbons (Fsp3) is 0.676. The first kappa shape index (κ1) is 28.2. The van der Waals surface area contributed by atoms with Crippen LogP contribution in [0.2, 0.25) is 0 Å². The van der Waals surface area contributed by atoms with Gasteiger partial charge in [-0.2, -0.15) is 0 Å². The summed E-state index contributed by atoms with van der Waals surface area (Å²) in [6, 6.07) is 9.45. The van der Waals surface area contributed by atoms with Gasteiger partial charge in [-0.1, -0.05) is 37.6 Å². The Kier molecular flexibility index (Phi) is 6.15. The average molecular weight is 585 g/mol. The van der Waals surface area contributed by atoms with Crippen LogP contribution in [0.5, 0.6) is 0 Å². The average Bonchev–Trinajstić information content (AvgIpc) is 3.44. The molecule has 0 amide bonds. The lowest BCUT2D eigenvalue weighted by Crippen LogP contribution is -2.60. The number of benzene rings is 1. The molecule has 43 heavy (non-hydrogen) atoms. The summed E-state index contributed by atoms with van der Waals surface area (Å²) in [6.45, 7) is 5.43. The number of rotatable bonds is 5. The number of carbonyl (C=O) groups is 2. The minimum absolute atomic E-state index is 0.0465. The highest BCUT2D eigenvalue weighted by atomic mass is 16.3. The second-order valence-electron chi connectivity index (χ2n) is 16.4. The number of aliphatic hydroxyl groups is 2. The number of carbonyl (C=O) groups excluding carboxylic acids is 2. The van der Waals surface area contributed by atoms with E-state index >= 15 is 0 Å². The van der Waals surface area contributed by atoms with Crippen molar-refractivity contribution >= 4 is 17.3 Å². The highest BCUT2D eigenvalue weighted by Gasteiger charge is 2.73. The predicted molar refractivity (Wildman–Crippen MR) is 166 cm³/mol. The second-order valence-corrected chi connectivity index (χ2v) is 16.4. The van der Waals surface area contributed by atoms with Crippen molar-refractivity contribution in [3.63, 3.8) is 0 Å². The Morgan fingerprint density at radius 1 is 1.09 bits per heavy atom. The summed E-state index contributed by atoms with van der Waals surface area (Å²) in [4.78, 5) is 28.5. The van der Waals surface area contributed by atoms with Gasteiger partial charge in [0.2, 0.25) is 0 Å². The number of aliphatic hydroxyl groups excluding tert-OH is 2. The SMILES string of the molecule is C[C@]12C=CC(=O)C=C1CC[C@@H]1[C@@H]2[C@@H](O)C[C@@]2(C)[C@H]1C[C@H]1CN(c3ccc(CC4CC5(CC(N)C5)C4)cc3)C[C@]12C(=O)CO. The van der Waals surface area contributed by atoms with Crippen LogP contribution in [0.4, 0.5) is 5.69 Å². The molecule has 7 aliphatic rings. The van der Waals surface area contributed by atoms with Gasteiger partial charge in [0, 0.05) is 36.2 Å². The zero-order valence-corrected chi connectivity index (χ0v) is 25.8. The summed E-state index contributed by atoms with van der Waals surface area (Å²) in [7, 11) is 0. The van der Waals surface area contributed by atoms with Gasteiger partial charge in [-0.05, 0) is 122 Å². The third-order valence-electron chi connectivity index (χ3n) is 14.3. The molecule has 8 rings (SSSR count). The predicted octanol–water partition coefficient (Wildman–Crippen LogP) is 4.62. The van der Waals surface area contributed by atoms with Crippen LogP contribution in [-0.4, -0.2) is 53.6 Å². The van der Waals surface area contributed by atoms with E-state index in [4.69, 9.17) is 5.73 Å². The monoisotopic (exact) mass is 584 g/mol. The van der Waals surface area contributed by atoms with E-state index in [1.165, 1.54) is 31.2 Å². The van der Waals surface area contributed by atoms with E-state index in [1.807, 2.05) is 0 Å². The van der Waals surface area contributed by atoms with Crippen LogP contribution in [0.15, 0.2) is 48.1 Å². The van der Waals surface area contributed by atoms with E-state index in [0.29, 0.717) is 30.3 Å². The molecular weight excluding hydrogens is 536 g/mol. The number of nitrogens with two attached hydrogens (primary N) is 1. The van der Waals surface area contributed by atoms with Gasteiger partial charge in [-0.15, -0.1) is 0 Å². The fourth-order valence-corrected chi connectivity index (χ4v) is 12.6. The summed E-state index contributed by atoms with van der Waals surface area (Å²) in [5.41, 5.74) is 8.94. The molecule has 230 valence electrons. The number of anilines is 1. The Hall–Kier alpha value is -2.28. The number of hydrogen-bond donors (Lipinski definition) is 3. The number of ketones is 2. The van der Waals surface area contributed by atoms with Crippen molar-refractivity contribution in [2.24, 2.45) is 57.0 Å². The Morgan fingerprint density at radius 3 is 2.53 bits per heavy atom. The first-order chi connectivity index (χ1) is 20.5. The molecule has 5 saturated carbocycles. The van der Waals surface area contributed by atoms with Gasteiger partial charge in [0.05, 0.1) is 11.5 Å². The minimum Gasteiger partial charge on any atom is -0.393 e. The van der Waals surface area contributed by atoms with E-state index in [1.54, 1.807) is 12.2 Å². The Bertz CT molecular complexity index is 1400. The molecule has 0 unspecified atom stereocenters. The Morgan fingerprint density at radius 2 is 1.84 bits per heavy atom. The zero-order valence-electron chi connectivity index (χ0n) is 25.8. The molecule has 6 aliphatic carbocycles. The van der Waals surface area contributed by atoms with Crippen LogP contribution in [-0.2, 0) is 16.0 Å². The molecule has 1 heterocycles. The van der Waals surface area contributed by atoms with Gasteiger partial charge in [0.25, 0.3) is 0 Å². The van der Waals surface area contributed by atoms with Crippen molar-refractivity contribution < 1.29 is 19.8 Å². The van der Waals surface area contributed by atoms with Crippen LogP contribution >= 0.6 is 0 Å². The number of Topliss-reactive ketones (excluding diaryl/α,β-unsaturated/α-hetero) is 1. The lowest BCUT2D eigenvalue weighted by Gasteiger charge is -2.60. The van der Waals surface area contributed by atoms with Crippen LogP contribution in [0.3, 0.4) is 0 Å². The van der Waals surface area contributed by atoms with Gasteiger partial charge in [-0.25, -0.2) is 0 Å². The largest absolute Gasteiger partial charge is 0.393 e. The van der Waals surface area contributed by atoms with Gasteiger partial charge in [-0.3, -0.25) is 9.59 Å². The number of hydrogen-bond acceptors (Lipinski definition) is 6. The van der Waals surface area contributed by atoms with Crippen molar-refractivity contribution in [2.45, 2.75) is 83.8 Å². The number of allylic oxidation sites excluding steroid dienone is 4. The molecule has 1 spiro atoms. The van der Waals surface area contributed by atoms with E-state index in [2.05, 4.69) is 49.1 Å². The molecule has 6 nitrogen and oxygen atoms in total. The smallest absolute Gasteiger partial charge is 0.178 e. The third kappa shape index (κ3) is 3.81. The third-order valence-corrected chi connectivity index (χ3v) is 14.3. The quantitative estimate of drug-likeness (QED) is 0.467. The Labute approximate surface area is 255 Å². The van der Waals surface area contributed by atoms with Crippen LogP contribution in [0.25, 0.3) is 0 Å². The molecule has 0 aromatic heterocycles. The van der Waals surface area contributed by atoms with Crippen LogP contribution in [0, 0.1) is 51.2 Å². The van der Waals surface area contributed by atoms with Crippen LogP contribution < -0.4 is 10.6 Å². The van der Waals surface area contributed by atoms with Crippen molar-refractivity contribution in [3.8, 4) is 0 Å². The summed E-state index contributed by atoms with van der Waals surface area (Å²) in [6.07, 6.45) is 14.5. The molecule has 6 fully saturated rings. The fourth-order valence-electron chi connectivity index (χ4n) is 12.6. The first-order valence-corrected chi connectivity index (χ1v) is 16.9. The lowest BCUT2D eigenvalue weighted by atomic mass is 9.44. The number of fused-ring (bicyclic) bond motifs is 7. The van der Waals surface area contributed by atoms with Crippen molar-refractivity contribution in [3.05, 3.63) is 53.6 Å². The summed E-state index contributed by atoms with van der Waals surface area (Å²) >= 11 is 0.